The van der Waals surface area contributed by atoms with Crippen LogP contribution >= 0.6 is 11.6 Å². The number of halogens is 1. The van der Waals surface area contributed by atoms with Crippen molar-refractivity contribution in [3.05, 3.63) is 52.2 Å². The number of carbonyl (C=O) groups is 1. The summed E-state index contributed by atoms with van der Waals surface area (Å²) >= 11 is 5.87. The zero-order chi connectivity index (χ0) is 13.8. The van der Waals surface area contributed by atoms with E-state index in [-0.39, 0.29) is 12.3 Å². The molecule has 2 aromatic rings. The minimum atomic E-state index is -0.139. The minimum Gasteiger partial charge on any atom is -0.309 e. The van der Waals surface area contributed by atoms with E-state index in [9.17, 15) is 4.79 Å². The zero-order valence-corrected chi connectivity index (χ0v) is 11.5. The summed E-state index contributed by atoms with van der Waals surface area (Å²) < 4.78 is 0. The van der Waals surface area contributed by atoms with Crippen molar-refractivity contribution in [3.63, 3.8) is 0 Å². The van der Waals surface area contributed by atoms with Crippen molar-refractivity contribution in [1.82, 2.24) is 10.2 Å². The summed E-state index contributed by atoms with van der Waals surface area (Å²) in [6.45, 7) is 3.80. The highest BCUT2D eigenvalue weighted by Crippen LogP contribution is 2.12. The van der Waals surface area contributed by atoms with Gasteiger partial charge in [-0.2, -0.15) is 5.10 Å². The lowest BCUT2D eigenvalue weighted by Gasteiger charge is -2.06. The third-order valence-corrected chi connectivity index (χ3v) is 2.99. The Balaban J connectivity index is 2.03. The smallest absolute Gasteiger partial charge is 0.229 e. The lowest BCUT2D eigenvalue weighted by molar-refractivity contribution is -0.115. The van der Waals surface area contributed by atoms with Gasteiger partial charge in [0.1, 0.15) is 0 Å². The van der Waals surface area contributed by atoms with E-state index in [4.69, 9.17) is 11.6 Å². The molecule has 1 aromatic carbocycles. The summed E-state index contributed by atoms with van der Waals surface area (Å²) in [6.07, 6.45) is 0.259. The van der Waals surface area contributed by atoms with Gasteiger partial charge in [0.25, 0.3) is 0 Å². The van der Waals surface area contributed by atoms with E-state index in [2.05, 4.69) is 15.5 Å². The molecule has 0 spiro atoms. The van der Waals surface area contributed by atoms with Gasteiger partial charge in [-0.15, -0.1) is 5.10 Å². The highest BCUT2D eigenvalue weighted by Gasteiger charge is 2.06. The van der Waals surface area contributed by atoms with Crippen LogP contribution in [0.5, 0.6) is 0 Å². The Bertz CT molecular complexity index is 613. The molecule has 0 aliphatic rings. The maximum absolute atomic E-state index is 11.9. The Morgan fingerprint density at radius 1 is 1.26 bits per heavy atom. The number of hydrogen-bond acceptors (Lipinski definition) is 3. The molecule has 0 fully saturated rings. The molecule has 0 bridgehead atoms. The third-order valence-electron chi connectivity index (χ3n) is 2.75. The van der Waals surface area contributed by atoms with Crippen LogP contribution in [0.25, 0.3) is 0 Å². The average molecular weight is 276 g/mol. The van der Waals surface area contributed by atoms with Crippen molar-refractivity contribution in [2.75, 3.05) is 5.32 Å². The summed E-state index contributed by atoms with van der Waals surface area (Å²) in [5, 5.41) is 11.2. The number of hydrogen-bond donors (Lipinski definition) is 1. The predicted octanol–water partition coefficient (Wildman–Crippen LogP) is 2.93. The molecule has 5 heteroatoms. The largest absolute Gasteiger partial charge is 0.309 e. The number of benzene rings is 1. The Morgan fingerprint density at radius 3 is 2.74 bits per heavy atom. The molecule has 1 heterocycles. The molecule has 4 nitrogen and oxygen atoms in total. The van der Waals surface area contributed by atoms with Crippen LogP contribution in [0.3, 0.4) is 0 Å². The number of aryl methyl sites for hydroxylation is 2. The highest BCUT2D eigenvalue weighted by atomic mass is 35.5. The van der Waals surface area contributed by atoms with E-state index in [1.165, 1.54) is 0 Å². The summed E-state index contributed by atoms with van der Waals surface area (Å²) in [7, 11) is 0. The van der Waals surface area contributed by atoms with E-state index in [0.717, 1.165) is 16.8 Å². The van der Waals surface area contributed by atoms with Crippen molar-refractivity contribution < 1.29 is 4.79 Å². The first-order valence-electron chi connectivity index (χ1n) is 5.90. The molecular weight excluding hydrogens is 262 g/mol. The van der Waals surface area contributed by atoms with Gasteiger partial charge in [-0.25, -0.2) is 0 Å². The quantitative estimate of drug-likeness (QED) is 0.937. The SMILES string of the molecule is Cc1cc(NC(=O)Cc2cccc(Cl)c2)nnc1C. The fourth-order valence-electron chi connectivity index (χ4n) is 1.63. The van der Waals surface area contributed by atoms with Crippen LogP contribution in [0.2, 0.25) is 5.02 Å². The first kappa shape index (κ1) is 13.5. The van der Waals surface area contributed by atoms with Crippen LogP contribution in [0.1, 0.15) is 16.8 Å². The zero-order valence-electron chi connectivity index (χ0n) is 10.8. The van der Waals surface area contributed by atoms with E-state index in [0.29, 0.717) is 10.8 Å². The average Bonchev–Trinajstić information content (AvgIpc) is 2.34. The van der Waals surface area contributed by atoms with Crippen LogP contribution in [0, 0.1) is 13.8 Å². The monoisotopic (exact) mass is 275 g/mol. The number of carbonyl (C=O) groups excluding carboxylic acids is 1. The molecule has 1 aromatic heterocycles. The van der Waals surface area contributed by atoms with Crippen molar-refractivity contribution >= 4 is 23.3 Å². The molecular formula is C14H14ClN3O. The molecule has 1 amide bonds. The van der Waals surface area contributed by atoms with Gasteiger partial charge >= 0.3 is 0 Å². The molecule has 0 aliphatic heterocycles. The first-order valence-corrected chi connectivity index (χ1v) is 6.27. The Hall–Kier alpha value is -1.94. The maximum Gasteiger partial charge on any atom is 0.229 e. The van der Waals surface area contributed by atoms with Crippen molar-refractivity contribution in [2.45, 2.75) is 20.3 Å². The molecule has 0 saturated carbocycles. The Kier molecular flexibility index (Phi) is 4.12. The topological polar surface area (TPSA) is 54.9 Å². The van der Waals surface area contributed by atoms with E-state index < -0.39 is 0 Å². The van der Waals surface area contributed by atoms with Crippen LogP contribution in [-0.4, -0.2) is 16.1 Å². The van der Waals surface area contributed by atoms with Crippen LogP contribution < -0.4 is 5.32 Å². The number of nitrogens with zero attached hydrogens (tertiary/aromatic N) is 2. The minimum absolute atomic E-state index is 0.139. The van der Waals surface area contributed by atoms with Gasteiger partial charge in [-0.05, 0) is 43.2 Å². The Morgan fingerprint density at radius 2 is 2.05 bits per heavy atom. The normalized spacial score (nSPS) is 10.3. The fourth-order valence-corrected chi connectivity index (χ4v) is 1.84. The number of anilines is 1. The van der Waals surface area contributed by atoms with E-state index >= 15 is 0 Å². The van der Waals surface area contributed by atoms with Gasteiger partial charge in [-0.3, -0.25) is 4.79 Å². The molecule has 2 rings (SSSR count). The first-order chi connectivity index (χ1) is 9.04. The van der Waals surface area contributed by atoms with Crippen molar-refractivity contribution in [2.24, 2.45) is 0 Å². The van der Waals surface area contributed by atoms with Gasteiger partial charge in [0.2, 0.25) is 5.91 Å². The second-order valence-electron chi connectivity index (χ2n) is 4.35. The second-order valence-corrected chi connectivity index (χ2v) is 4.79. The second kappa shape index (κ2) is 5.80. The molecule has 0 saturated heterocycles. The Labute approximate surface area is 116 Å². The summed E-state index contributed by atoms with van der Waals surface area (Å²) in [5.41, 5.74) is 2.71. The maximum atomic E-state index is 11.9. The molecule has 0 atom stereocenters. The number of nitrogens with one attached hydrogen (secondary N) is 1. The van der Waals surface area contributed by atoms with Gasteiger partial charge in [-0.1, -0.05) is 23.7 Å². The van der Waals surface area contributed by atoms with Gasteiger partial charge in [0.15, 0.2) is 5.82 Å². The fraction of sp³-hybridized carbons (Fsp3) is 0.214. The summed E-state index contributed by atoms with van der Waals surface area (Å²) in [6, 6.07) is 9.03. The van der Waals surface area contributed by atoms with E-state index in [1.54, 1.807) is 18.2 Å². The standard InChI is InChI=1S/C14H14ClN3O/c1-9-6-13(18-17-10(9)2)16-14(19)8-11-4-3-5-12(15)7-11/h3-7H,8H2,1-2H3,(H,16,18,19). The highest BCUT2D eigenvalue weighted by molar-refractivity contribution is 6.30. The number of aromatic nitrogens is 2. The lowest BCUT2D eigenvalue weighted by Crippen LogP contribution is -2.16. The van der Waals surface area contributed by atoms with Crippen molar-refractivity contribution in [3.8, 4) is 0 Å². The molecule has 0 aliphatic carbocycles. The van der Waals surface area contributed by atoms with Gasteiger partial charge in [0, 0.05) is 5.02 Å². The van der Waals surface area contributed by atoms with Crippen LogP contribution in [0.15, 0.2) is 30.3 Å². The van der Waals surface area contributed by atoms with Crippen LogP contribution in [-0.2, 0) is 11.2 Å². The number of amides is 1. The van der Waals surface area contributed by atoms with Gasteiger partial charge in [0.05, 0.1) is 12.1 Å². The van der Waals surface area contributed by atoms with Crippen LogP contribution in [0.4, 0.5) is 5.82 Å². The predicted molar refractivity (Wildman–Crippen MR) is 75.3 cm³/mol. The number of rotatable bonds is 3. The molecule has 0 radical (unpaired) electrons. The van der Waals surface area contributed by atoms with Gasteiger partial charge < -0.3 is 5.32 Å². The lowest BCUT2D eigenvalue weighted by atomic mass is 10.1. The van der Waals surface area contributed by atoms with Crippen molar-refractivity contribution in [1.29, 1.82) is 0 Å². The molecule has 0 unspecified atom stereocenters. The summed E-state index contributed by atoms with van der Waals surface area (Å²) in [5.74, 6) is 0.329. The molecule has 98 valence electrons. The third kappa shape index (κ3) is 3.76. The molecule has 19 heavy (non-hydrogen) atoms. The molecule has 1 N–H and O–H groups in total. The summed E-state index contributed by atoms with van der Waals surface area (Å²) in [4.78, 5) is 11.9. The van der Waals surface area contributed by atoms with E-state index in [1.807, 2.05) is 26.0 Å².